The van der Waals surface area contributed by atoms with E-state index in [9.17, 15) is 4.79 Å². The fourth-order valence-electron chi connectivity index (χ4n) is 4.16. The summed E-state index contributed by atoms with van der Waals surface area (Å²) in [6.07, 6.45) is 5.22. The molecule has 0 saturated carbocycles. The van der Waals surface area contributed by atoms with Crippen LogP contribution < -0.4 is 10.1 Å². The van der Waals surface area contributed by atoms with Gasteiger partial charge >= 0.3 is 0 Å². The molecule has 7 heteroatoms. The predicted octanol–water partition coefficient (Wildman–Crippen LogP) is 2.04. The number of hydrogen-bond donors (Lipinski definition) is 1. The second kappa shape index (κ2) is 11.2. The summed E-state index contributed by atoms with van der Waals surface area (Å²) < 4.78 is 5.23. The van der Waals surface area contributed by atoms with Crippen LogP contribution in [0.5, 0.6) is 5.75 Å². The Morgan fingerprint density at radius 1 is 1.17 bits per heavy atom. The molecule has 1 atom stereocenters. The number of carbonyl (C=O) groups excluding carboxylic acids is 1. The highest BCUT2D eigenvalue weighted by Gasteiger charge is 2.27. The van der Waals surface area contributed by atoms with Crippen LogP contribution in [-0.2, 0) is 11.3 Å². The van der Waals surface area contributed by atoms with E-state index in [0.717, 1.165) is 30.4 Å². The normalized spacial score (nSPS) is 20.3. The zero-order valence-electron chi connectivity index (χ0n) is 18.8. The van der Waals surface area contributed by atoms with E-state index in [0.29, 0.717) is 12.5 Å². The van der Waals surface area contributed by atoms with E-state index in [4.69, 9.17) is 9.73 Å². The van der Waals surface area contributed by atoms with Crippen molar-refractivity contribution in [2.75, 3.05) is 60.5 Å². The summed E-state index contributed by atoms with van der Waals surface area (Å²) in [6, 6.07) is 7.98. The summed E-state index contributed by atoms with van der Waals surface area (Å²) in [5.74, 6) is 2.40. The molecule has 2 aliphatic rings. The molecule has 0 aromatic heterocycles. The lowest BCUT2D eigenvalue weighted by Crippen LogP contribution is -2.45. The number of likely N-dealkylation sites (tertiary alicyclic amines) is 2. The number of likely N-dealkylation sites (N-methyl/N-ethyl adjacent to an activating group) is 1. The molecule has 3 rings (SSSR count). The van der Waals surface area contributed by atoms with E-state index in [1.165, 1.54) is 45.3 Å². The third kappa shape index (κ3) is 6.62. The van der Waals surface area contributed by atoms with Gasteiger partial charge in [0, 0.05) is 33.7 Å². The topological polar surface area (TPSA) is 60.4 Å². The Hall–Kier alpha value is -2.28. The van der Waals surface area contributed by atoms with Gasteiger partial charge in [-0.3, -0.25) is 4.79 Å². The second-order valence-electron chi connectivity index (χ2n) is 8.59. The predicted molar refractivity (Wildman–Crippen MR) is 121 cm³/mol. The molecule has 1 aromatic carbocycles. The van der Waals surface area contributed by atoms with Crippen molar-refractivity contribution < 1.29 is 9.53 Å². The lowest BCUT2D eigenvalue weighted by Gasteiger charge is -2.29. The number of amides is 1. The molecule has 2 fully saturated rings. The van der Waals surface area contributed by atoms with Crippen molar-refractivity contribution >= 4 is 11.9 Å². The molecule has 0 spiro atoms. The van der Waals surface area contributed by atoms with Gasteiger partial charge in [-0.15, -0.1) is 0 Å². The fraction of sp³-hybridized carbons (Fsp3) is 0.652. The van der Waals surface area contributed by atoms with Crippen LogP contribution in [0.4, 0.5) is 0 Å². The van der Waals surface area contributed by atoms with Crippen LogP contribution in [-0.4, -0.2) is 87.0 Å². The molecular formula is C23H37N5O2. The molecule has 0 aliphatic carbocycles. The van der Waals surface area contributed by atoms with E-state index >= 15 is 0 Å². The first-order valence-corrected chi connectivity index (χ1v) is 11.1. The maximum Gasteiger partial charge on any atom is 0.241 e. The Balaban J connectivity index is 1.61. The summed E-state index contributed by atoms with van der Waals surface area (Å²) in [6.45, 7) is 6.50. The first-order valence-electron chi connectivity index (χ1n) is 11.1. The largest absolute Gasteiger partial charge is 0.497 e. The van der Waals surface area contributed by atoms with Crippen LogP contribution in [0.1, 0.15) is 31.2 Å². The molecule has 166 valence electrons. The van der Waals surface area contributed by atoms with Crippen LogP contribution in [0.15, 0.2) is 29.3 Å². The maximum absolute atomic E-state index is 12.1. The zero-order valence-corrected chi connectivity index (χ0v) is 18.8. The summed E-state index contributed by atoms with van der Waals surface area (Å²) in [5.41, 5.74) is 1.12. The smallest absolute Gasteiger partial charge is 0.241 e. The lowest BCUT2D eigenvalue weighted by atomic mass is 10.1. The summed E-state index contributed by atoms with van der Waals surface area (Å²) in [5, 5.41) is 3.31. The van der Waals surface area contributed by atoms with Gasteiger partial charge in [0.05, 0.1) is 20.2 Å². The Labute approximate surface area is 181 Å². The van der Waals surface area contributed by atoms with Crippen molar-refractivity contribution in [1.82, 2.24) is 20.0 Å². The number of nitrogens with zero attached hydrogens (tertiary/aromatic N) is 4. The highest BCUT2D eigenvalue weighted by molar-refractivity contribution is 5.86. The molecule has 1 amide bonds. The quantitative estimate of drug-likeness (QED) is 0.546. The van der Waals surface area contributed by atoms with E-state index < -0.39 is 0 Å². The number of ether oxygens (including phenoxy) is 1. The fourth-order valence-corrected chi connectivity index (χ4v) is 4.16. The summed E-state index contributed by atoms with van der Waals surface area (Å²) in [7, 11) is 5.23. The molecule has 1 unspecified atom stereocenters. The summed E-state index contributed by atoms with van der Waals surface area (Å²) in [4.78, 5) is 23.5. The number of hydrogen-bond acceptors (Lipinski definition) is 4. The molecular weight excluding hydrogens is 378 g/mol. The number of carbonyl (C=O) groups is 1. The highest BCUT2D eigenvalue weighted by Crippen LogP contribution is 2.20. The number of guanidine groups is 1. The van der Waals surface area contributed by atoms with E-state index in [-0.39, 0.29) is 12.5 Å². The van der Waals surface area contributed by atoms with Crippen LogP contribution in [0.3, 0.4) is 0 Å². The van der Waals surface area contributed by atoms with Crippen molar-refractivity contribution in [3.63, 3.8) is 0 Å². The second-order valence-corrected chi connectivity index (χ2v) is 8.59. The molecule has 0 radical (unpaired) electrons. The van der Waals surface area contributed by atoms with Crippen LogP contribution >= 0.6 is 0 Å². The van der Waals surface area contributed by atoms with E-state index in [2.05, 4.69) is 15.1 Å². The van der Waals surface area contributed by atoms with Crippen LogP contribution in [0.25, 0.3) is 0 Å². The minimum Gasteiger partial charge on any atom is -0.497 e. The molecule has 2 saturated heterocycles. The van der Waals surface area contributed by atoms with E-state index in [1.54, 1.807) is 26.1 Å². The molecule has 1 aromatic rings. The van der Waals surface area contributed by atoms with Gasteiger partial charge in [0.15, 0.2) is 5.96 Å². The van der Waals surface area contributed by atoms with Crippen LogP contribution in [0, 0.1) is 5.92 Å². The minimum absolute atomic E-state index is 0.0520. The average molecular weight is 416 g/mol. The standard InChI is InChI=1S/C23H37N5O2/c1-26(2)22(29)16-25-23(24-15-19-7-9-21(30-3)10-8-19)28-14-11-20(18-28)17-27-12-5-4-6-13-27/h7-10,20H,4-6,11-18H2,1-3H3,(H,24,25). The van der Waals surface area contributed by atoms with Crippen molar-refractivity contribution in [1.29, 1.82) is 0 Å². The van der Waals surface area contributed by atoms with E-state index in [1.807, 2.05) is 24.3 Å². The third-order valence-electron chi connectivity index (χ3n) is 6.02. The molecule has 2 aliphatic heterocycles. The van der Waals surface area contributed by atoms with Crippen molar-refractivity contribution in [2.24, 2.45) is 10.9 Å². The van der Waals surface area contributed by atoms with Gasteiger partial charge in [-0.25, -0.2) is 4.99 Å². The Morgan fingerprint density at radius 3 is 2.57 bits per heavy atom. The zero-order chi connectivity index (χ0) is 21.3. The SMILES string of the molecule is COc1ccc(CN=C(NCC(=O)N(C)C)N2CCC(CN3CCCCC3)C2)cc1. The monoisotopic (exact) mass is 415 g/mol. The van der Waals surface area contributed by atoms with Gasteiger partial charge in [0.2, 0.25) is 5.91 Å². The first kappa shape index (κ1) is 22.4. The van der Waals surface area contributed by atoms with Crippen LogP contribution in [0.2, 0.25) is 0 Å². The Bertz CT molecular complexity index is 698. The molecule has 0 bridgehead atoms. The van der Waals surface area contributed by atoms with Crippen molar-refractivity contribution in [3.05, 3.63) is 29.8 Å². The molecule has 7 nitrogen and oxygen atoms in total. The number of benzene rings is 1. The number of rotatable bonds is 7. The van der Waals surface area contributed by atoms with Gasteiger partial charge in [-0.2, -0.15) is 0 Å². The first-order chi connectivity index (χ1) is 14.5. The lowest BCUT2D eigenvalue weighted by molar-refractivity contribution is -0.127. The average Bonchev–Trinajstić information content (AvgIpc) is 3.22. The number of piperidine rings is 1. The summed E-state index contributed by atoms with van der Waals surface area (Å²) >= 11 is 0. The Kier molecular flexibility index (Phi) is 8.37. The maximum atomic E-state index is 12.1. The van der Waals surface area contributed by atoms with Gasteiger partial charge in [0.1, 0.15) is 5.75 Å². The third-order valence-corrected chi connectivity index (χ3v) is 6.02. The molecule has 2 heterocycles. The van der Waals surface area contributed by atoms with Gasteiger partial charge in [0.25, 0.3) is 0 Å². The Morgan fingerprint density at radius 2 is 1.90 bits per heavy atom. The van der Waals surface area contributed by atoms with Gasteiger partial charge in [-0.1, -0.05) is 18.6 Å². The van der Waals surface area contributed by atoms with Gasteiger partial charge < -0.3 is 24.8 Å². The number of methoxy groups -OCH3 is 1. The molecule has 1 N–H and O–H groups in total. The van der Waals surface area contributed by atoms with Gasteiger partial charge in [-0.05, 0) is 56.0 Å². The highest BCUT2D eigenvalue weighted by atomic mass is 16.5. The van der Waals surface area contributed by atoms with Crippen molar-refractivity contribution in [2.45, 2.75) is 32.2 Å². The molecule has 30 heavy (non-hydrogen) atoms. The minimum atomic E-state index is 0.0520. The number of aliphatic imine (C=N–C) groups is 1. The number of nitrogens with one attached hydrogen (secondary N) is 1. The van der Waals surface area contributed by atoms with Crippen molar-refractivity contribution in [3.8, 4) is 5.75 Å².